The molecule has 0 aliphatic carbocycles. The van der Waals surface area contributed by atoms with Crippen LogP contribution in [-0.4, -0.2) is 31.0 Å². The lowest BCUT2D eigenvalue weighted by molar-refractivity contribution is -0.284. The van der Waals surface area contributed by atoms with Crippen LogP contribution >= 0.6 is 0 Å². The summed E-state index contributed by atoms with van der Waals surface area (Å²) in [6.07, 6.45) is -6.80. The first-order valence-corrected chi connectivity index (χ1v) is 8.07. The van der Waals surface area contributed by atoms with Crippen molar-refractivity contribution in [1.29, 1.82) is 0 Å². The van der Waals surface area contributed by atoms with Gasteiger partial charge in [0.2, 0.25) is 0 Å². The largest absolute Gasteiger partial charge is 0.494 e. The third-order valence-electron chi connectivity index (χ3n) is 3.64. The van der Waals surface area contributed by atoms with E-state index in [1.807, 2.05) is 0 Å². The van der Waals surface area contributed by atoms with Crippen molar-refractivity contribution in [3.05, 3.63) is 59.7 Å². The molecule has 0 spiro atoms. The molecule has 2 rings (SSSR count). The summed E-state index contributed by atoms with van der Waals surface area (Å²) in [7, 11) is 0. The van der Waals surface area contributed by atoms with E-state index in [-0.39, 0.29) is 23.7 Å². The van der Waals surface area contributed by atoms with Gasteiger partial charge < -0.3 is 9.47 Å². The Kier molecular flexibility index (Phi) is 6.71. The molecule has 0 bridgehead atoms. The van der Waals surface area contributed by atoms with Crippen molar-refractivity contribution in [3.8, 4) is 11.5 Å². The molecule has 150 valence electrons. The van der Waals surface area contributed by atoms with E-state index in [4.69, 9.17) is 9.47 Å². The van der Waals surface area contributed by atoms with Crippen LogP contribution in [0.25, 0.3) is 0 Å². The second-order valence-corrected chi connectivity index (χ2v) is 5.76. The highest BCUT2D eigenvalue weighted by Crippen LogP contribution is 2.38. The molecule has 2 aromatic carbocycles. The summed E-state index contributed by atoms with van der Waals surface area (Å²) in [6.45, 7) is -0.335. The first kappa shape index (κ1) is 21.3. The van der Waals surface area contributed by atoms with Gasteiger partial charge in [-0.1, -0.05) is 0 Å². The van der Waals surface area contributed by atoms with Crippen molar-refractivity contribution >= 4 is 12.3 Å². The minimum absolute atomic E-state index is 0.176. The van der Waals surface area contributed by atoms with Gasteiger partial charge in [-0.25, -0.2) is 4.79 Å². The first-order valence-electron chi connectivity index (χ1n) is 8.07. The van der Waals surface area contributed by atoms with E-state index in [9.17, 15) is 31.5 Å². The van der Waals surface area contributed by atoms with Gasteiger partial charge in [0.1, 0.15) is 17.8 Å². The number of hydrogen-bond acceptors (Lipinski definition) is 4. The van der Waals surface area contributed by atoms with E-state index in [0.29, 0.717) is 11.8 Å². The summed E-state index contributed by atoms with van der Waals surface area (Å²) in [5.74, 6) is -4.98. The number of ether oxygens (including phenoxy) is 2. The first-order chi connectivity index (χ1) is 13.1. The molecule has 0 aliphatic rings. The third kappa shape index (κ3) is 5.77. The fourth-order valence-electron chi connectivity index (χ4n) is 2.09. The maximum Gasteiger partial charge on any atom is 0.453 e. The number of rotatable bonds is 8. The minimum atomic E-state index is -5.58. The quantitative estimate of drug-likeness (QED) is 0.203. The monoisotopic (exact) mass is 402 g/mol. The van der Waals surface area contributed by atoms with Crippen molar-refractivity contribution in [1.82, 2.24) is 0 Å². The summed E-state index contributed by atoms with van der Waals surface area (Å²) >= 11 is 0. The number of carbonyl (C=O) groups is 2. The lowest BCUT2D eigenvalue weighted by Crippen LogP contribution is -2.36. The van der Waals surface area contributed by atoms with Gasteiger partial charge in [0, 0.05) is 12.0 Å². The Hall–Kier alpha value is -2.97. The molecule has 0 heterocycles. The van der Waals surface area contributed by atoms with Gasteiger partial charge in [0.25, 0.3) is 0 Å². The van der Waals surface area contributed by atoms with Crippen molar-refractivity contribution in [3.63, 3.8) is 0 Å². The molecule has 9 heteroatoms. The lowest BCUT2D eigenvalue weighted by atomic mass is 10.2. The van der Waals surface area contributed by atoms with Gasteiger partial charge >= 0.3 is 18.1 Å². The molecule has 28 heavy (non-hydrogen) atoms. The van der Waals surface area contributed by atoms with Crippen LogP contribution < -0.4 is 9.47 Å². The number of benzene rings is 2. The Morgan fingerprint density at radius 3 is 2.00 bits per heavy atom. The SMILES string of the molecule is O=Cc1ccc(OC(=O)c2ccc(OCCCC(F)(F)C(F)(F)F)cc2)cc1. The number of carbonyl (C=O) groups excluding carboxylic acids is 2. The number of esters is 1. The van der Waals surface area contributed by atoms with Gasteiger partial charge in [0.05, 0.1) is 12.2 Å². The maximum atomic E-state index is 12.8. The predicted octanol–water partition coefficient (Wildman–Crippen LogP) is 5.07. The van der Waals surface area contributed by atoms with Crippen LogP contribution in [0.1, 0.15) is 33.6 Å². The number of hydrogen-bond donors (Lipinski definition) is 0. The van der Waals surface area contributed by atoms with E-state index < -0.39 is 30.9 Å². The minimum Gasteiger partial charge on any atom is -0.494 e. The van der Waals surface area contributed by atoms with Crippen LogP contribution in [0.15, 0.2) is 48.5 Å². The zero-order valence-corrected chi connectivity index (χ0v) is 14.3. The topological polar surface area (TPSA) is 52.6 Å². The van der Waals surface area contributed by atoms with Gasteiger partial charge in [-0.05, 0) is 55.0 Å². The fraction of sp³-hybridized carbons (Fsp3) is 0.263. The molecule has 0 aromatic heterocycles. The average Bonchev–Trinajstić information content (AvgIpc) is 2.65. The number of alkyl halides is 5. The molecular formula is C19H15F5O4. The number of halogens is 5. The molecule has 0 aliphatic heterocycles. The summed E-state index contributed by atoms with van der Waals surface area (Å²) in [5.41, 5.74) is 0.602. The molecule has 0 atom stereocenters. The van der Waals surface area contributed by atoms with Gasteiger partial charge in [0.15, 0.2) is 0 Å². The number of aldehydes is 1. The summed E-state index contributed by atoms with van der Waals surface area (Å²) in [5, 5.41) is 0. The van der Waals surface area contributed by atoms with E-state index in [1.54, 1.807) is 0 Å². The van der Waals surface area contributed by atoms with Gasteiger partial charge in [-0.15, -0.1) is 0 Å². The van der Waals surface area contributed by atoms with E-state index in [2.05, 4.69) is 0 Å². The second-order valence-electron chi connectivity index (χ2n) is 5.76. The maximum absolute atomic E-state index is 12.8. The standard InChI is InChI=1S/C19H15F5O4/c20-18(21,19(22,23)24)10-1-11-27-15-8-4-14(5-9-15)17(26)28-16-6-2-13(12-25)3-7-16/h2-9,12H,1,10-11H2. The molecule has 2 aromatic rings. The molecule has 4 nitrogen and oxygen atoms in total. The van der Waals surface area contributed by atoms with Crippen LogP contribution in [0.2, 0.25) is 0 Å². The predicted molar refractivity (Wildman–Crippen MR) is 89.0 cm³/mol. The molecular weight excluding hydrogens is 387 g/mol. The van der Waals surface area contributed by atoms with E-state index in [1.165, 1.54) is 48.5 Å². The van der Waals surface area contributed by atoms with Crippen LogP contribution in [0.4, 0.5) is 22.0 Å². The van der Waals surface area contributed by atoms with Crippen LogP contribution in [0.5, 0.6) is 11.5 Å². The normalized spacial score (nSPS) is 11.8. The molecule has 0 N–H and O–H groups in total. The van der Waals surface area contributed by atoms with Crippen molar-refractivity contribution in [2.24, 2.45) is 0 Å². The van der Waals surface area contributed by atoms with Crippen molar-refractivity contribution in [2.75, 3.05) is 6.61 Å². The highest BCUT2D eigenvalue weighted by Gasteiger charge is 2.56. The molecule has 0 unspecified atom stereocenters. The summed E-state index contributed by atoms with van der Waals surface area (Å²) in [4.78, 5) is 22.6. The molecule has 0 fully saturated rings. The second kappa shape index (κ2) is 8.81. The Morgan fingerprint density at radius 2 is 1.46 bits per heavy atom. The Balaban J connectivity index is 1.83. The van der Waals surface area contributed by atoms with Crippen LogP contribution in [0.3, 0.4) is 0 Å². The molecule has 0 radical (unpaired) electrons. The fourth-order valence-corrected chi connectivity index (χ4v) is 2.09. The molecule has 0 saturated carbocycles. The van der Waals surface area contributed by atoms with E-state index >= 15 is 0 Å². The van der Waals surface area contributed by atoms with Gasteiger partial charge in [-0.2, -0.15) is 22.0 Å². The lowest BCUT2D eigenvalue weighted by Gasteiger charge is -2.19. The zero-order valence-electron chi connectivity index (χ0n) is 14.3. The molecule has 0 saturated heterocycles. The highest BCUT2D eigenvalue weighted by molar-refractivity contribution is 5.91. The summed E-state index contributed by atoms with van der Waals surface area (Å²) < 4.78 is 71.9. The van der Waals surface area contributed by atoms with Crippen molar-refractivity contribution in [2.45, 2.75) is 24.9 Å². The molecule has 0 amide bonds. The zero-order chi connectivity index (χ0) is 20.8. The van der Waals surface area contributed by atoms with E-state index in [0.717, 1.165) is 0 Å². The third-order valence-corrected chi connectivity index (χ3v) is 3.64. The van der Waals surface area contributed by atoms with Gasteiger partial charge in [-0.3, -0.25) is 4.79 Å². The Labute approximate surface area is 156 Å². The summed E-state index contributed by atoms with van der Waals surface area (Å²) in [6, 6.07) is 11.3. The average molecular weight is 402 g/mol. The Morgan fingerprint density at radius 1 is 0.893 bits per heavy atom. The van der Waals surface area contributed by atoms with Crippen molar-refractivity contribution < 1.29 is 41.0 Å². The highest BCUT2D eigenvalue weighted by atomic mass is 19.4. The smallest absolute Gasteiger partial charge is 0.453 e. The van der Waals surface area contributed by atoms with Crippen LogP contribution in [-0.2, 0) is 0 Å². The Bertz CT molecular complexity index is 799. The van der Waals surface area contributed by atoms with Crippen LogP contribution in [0, 0.1) is 0 Å².